The summed E-state index contributed by atoms with van der Waals surface area (Å²) in [5, 5.41) is 2.47. The molecule has 0 unspecified atom stereocenters. The van der Waals surface area contributed by atoms with Gasteiger partial charge < -0.3 is 19.1 Å². The maximum atomic E-state index is 12.2. The molecule has 1 N–H and O–H groups in total. The van der Waals surface area contributed by atoms with Gasteiger partial charge >= 0.3 is 18.2 Å². The van der Waals surface area contributed by atoms with Crippen LogP contribution in [0.2, 0.25) is 0 Å². The Bertz CT molecular complexity index is 777. The molecule has 2 rings (SSSR count). The first-order valence-corrected chi connectivity index (χ1v) is 10.4. The van der Waals surface area contributed by atoms with E-state index >= 15 is 0 Å². The van der Waals surface area contributed by atoms with E-state index in [2.05, 4.69) is 5.32 Å². The summed E-state index contributed by atoms with van der Waals surface area (Å²) in [4.78, 5) is 38.0. The molecule has 170 valence electrons. The number of piperidine rings is 1. The number of nitrogens with one attached hydrogen (secondary N) is 1. The van der Waals surface area contributed by atoms with Gasteiger partial charge in [-0.3, -0.25) is 5.32 Å². The lowest BCUT2D eigenvalue weighted by atomic mass is 9.93. The van der Waals surface area contributed by atoms with Gasteiger partial charge in [0.1, 0.15) is 17.9 Å². The third kappa shape index (κ3) is 8.70. The maximum absolute atomic E-state index is 12.2. The van der Waals surface area contributed by atoms with Crippen molar-refractivity contribution >= 4 is 18.2 Å². The van der Waals surface area contributed by atoms with Gasteiger partial charge in [0.05, 0.1) is 7.11 Å². The zero-order valence-electron chi connectivity index (χ0n) is 18.7. The summed E-state index contributed by atoms with van der Waals surface area (Å²) in [6.07, 6.45) is 2.76. The van der Waals surface area contributed by atoms with Crippen LogP contribution >= 0.6 is 0 Å². The number of esters is 1. The predicted molar refractivity (Wildman–Crippen MR) is 115 cm³/mol. The van der Waals surface area contributed by atoms with Crippen LogP contribution in [0.3, 0.4) is 0 Å². The van der Waals surface area contributed by atoms with E-state index in [1.807, 2.05) is 51.1 Å². The lowest BCUT2D eigenvalue weighted by Crippen LogP contribution is -2.41. The Kier molecular flexibility index (Phi) is 8.90. The second kappa shape index (κ2) is 11.4. The van der Waals surface area contributed by atoms with Gasteiger partial charge in [-0.15, -0.1) is 0 Å². The van der Waals surface area contributed by atoms with Gasteiger partial charge in [-0.2, -0.15) is 0 Å². The van der Waals surface area contributed by atoms with Gasteiger partial charge in [-0.25, -0.2) is 14.4 Å². The van der Waals surface area contributed by atoms with Crippen LogP contribution in [0.15, 0.2) is 42.1 Å². The Morgan fingerprint density at radius 2 is 1.77 bits per heavy atom. The molecule has 8 nitrogen and oxygen atoms in total. The van der Waals surface area contributed by atoms with Crippen molar-refractivity contribution in [3.8, 4) is 0 Å². The minimum Gasteiger partial charge on any atom is -0.464 e. The zero-order valence-corrected chi connectivity index (χ0v) is 18.7. The number of nitrogens with zero attached hydrogens (tertiary/aromatic N) is 1. The van der Waals surface area contributed by atoms with E-state index in [0.717, 1.165) is 18.4 Å². The molecular weight excluding hydrogens is 400 g/mol. The van der Waals surface area contributed by atoms with Gasteiger partial charge in [0.25, 0.3) is 0 Å². The molecule has 0 saturated carbocycles. The molecule has 2 amide bonds. The van der Waals surface area contributed by atoms with Crippen LogP contribution in [-0.4, -0.2) is 48.9 Å². The number of hydrogen-bond acceptors (Lipinski definition) is 6. The Morgan fingerprint density at radius 1 is 1.13 bits per heavy atom. The number of likely N-dealkylation sites (tertiary alicyclic amines) is 1. The number of ether oxygens (including phenoxy) is 3. The second-order valence-electron chi connectivity index (χ2n) is 8.44. The van der Waals surface area contributed by atoms with Crippen LogP contribution in [0, 0.1) is 5.92 Å². The molecule has 1 aromatic carbocycles. The van der Waals surface area contributed by atoms with Crippen molar-refractivity contribution in [2.45, 2.75) is 52.2 Å². The monoisotopic (exact) mass is 432 g/mol. The van der Waals surface area contributed by atoms with Crippen LogP contribution in [-0.2, 0) is 25.6 Å². The first-order chi connectivity index (χ1) is 14.7. The molecule has 0 atom stereocenters. The Hall–Kier alpha value is -3.03. The summed E-state index contributed by atoms with van der Waals surface area (Å²) in [5.74, 6) is -0.358. The van der Waals surface area contributed by atoms with Crippen LogP contribution in [0.5, 0.6) is 0 Å². The second-order valence-corrected chi connectivity index (χ2v) is 8.44. The normalized spacial score (nSPS) is 15.2. The highest BCUT2D eigenvalue weighted by molar-refractivity contribution is 5.92. The van der Waals surface area contributed by atoms with Crippen molar-refractivity contribution in [2.24, 2.45) is 5.92 Å². The van der Waals surface area contributed by atoms with E-state index in [0.29, 0.717) is 19.5 Å². The van der Waals surface area contributed by atoms with Crippen molar-refractivity contribution in [1.29, 1.82) is 0 Å². The molecule has 0 radical (unpaired) electrons. The number of methoxy groups -OCH3 is 1. The number of carbonyl (C=O) groups excluding carboxylic acids is 3. The molecule has 8 heteroatoms. The van der Waals surface area contributed by atoms with Crippen molar-refractivity contribution in [3.63, 3.8) is 0 Å². The van der Waals surface area contributed by atoms with E-state index in [1.165, 1.54) is 7.11 Å². The highest BCUT2D eigenvalue weighted by Crippen LogP contribution is 2.23. The highest BCUT2D eigenvalue weighted by atomic mass is 16.6. The first-order valence-electron chi connectivity index (χ1n) is 10.4. The van der Waals surface area contributed by atoms with E-state index in [1.54, 1.807) is 11.0 Å². The molecule has 1 aromatic rings. The smallest absolute Gasteiger partial charge is 0.412 e. The molecular formula is C23H32N2O6. The lowest BCUT2D eigenvalue weighted by Gasteiger charge is -2.33. The Morgan fingerprint density at radius 3 is 2.35 bits per heavy atom. The fraction of sp³-hybridized carbons (Fsp3) is 0.522. The van der Waals surface area contributed by atoms with Gasteiger partial charge in [-0.1, -0.05) is 36.4 Å². The zero-order chi connectivity index (χ0) is 22.9. The third-order valence-electron chi connectivity index (χ3n) is 4.78. The largest absolute Gasteiger partial charge is 0.464 e. The molecule has 31 heavy (non-hydrogen) atoms. The van der Waals surface area contributed by atoms with E-state index in [9.17, 15) is 14.4 Å². The van der Waals surface area contributed by atoms with E-state index in [4.69, 9.17) is 14.2 Å². The number of benzene rings is 1. The number of amides is 2. The summed E-state index contributed by atoms with van der Waals surface area (Å²) >= 11 is 0. The third-order valence-corrected chi connectivity index (χ3v) is 4.78. The fourth-order valence-electron chi connectivity index (χ4n) is 3.13. The number of hydrogen-bond donors (Lipinski definition) is 1. The Balaban J connectivity index is 1.84. The average molecular weight is 433 g/mol. The van der Waals surface area contributed by atoms with E-state index in [-0.39, 0.29) is 24.3 Å². The van der Waals surface area contributed by atoms with Crippen LogP contribution in [0.1, 0.15) is 45.6 Å². The molecule has 1 fully saturated rings. The van der Waals surface area contributed by atoms with Gasteiger partial charge in [-0.05, 0) is 51.5 Å². The molecule has 1 aliphatic rings. The summed E-state index contributed by atoms with van der Waals surface area (Å²) < 4.78 is 15.3. The summed E-state index contributed by atoms with van der Waals surface area (Å²) in [6, 6.07) is 9.26. The van der Waals surface area contributed by atoms with Crippen molar-refractivity contribution in [3.05, 3.63) is 47.7 Å². The summed E-state index contributed by atoms with van der Waals surface area (Å²) in [6.45, 7) is 6.81. The quantitative estimate of drug-likeness (QED) is 0.415. The summed E-state index contributed by atoms with van der Waals surface area (Å²) in [7, 11) is 1.26. The fourth-order valence-corrected chi connectivity index (χ4v) is 3.13. The van der Waals surface area contributed by atoms with Crippen LogP contribution in [0.25, 0.3) is 0 Å². The van der Waals surface area contributed by atoms with Crippen LogP contribution < -0.4 is 5.32 Å². The molecule has 1 saturated heterocycles. The maximum Gasteiger partial charge on any atom is 0.412 e. The topological polar surface area (TPSA) is 94.2 Å². The molecule has 0 spiro atoms. The molecule has 0 aliphatic carbocycles. The number of allylic oxidation sites excluding steroid dienone is 1. The number of rotatable bonds is 6. The Labute approximate surface area is 183 Å². The predicted octanol–water partition coefficient (Wildman–Crippen LogP) is 4.01. The summed E-state index contributed by atoms with van der Waals surface area (Å²) in [5.41, 5.74) is 0.375. The van der Waals surface area contributed by atoms with Gasteiger partial charge in [0.2, 0.25) is 0 Å². The van der Waals surface area contributed by atoms with Crippen molar-refractivity contribution < 1.29 is 28.6 Å². The van der Waals surface area contributed by atoms with Crippen molar-refractivity contribution in [1.82, 2.24) is 10.2 Å². The molecule has 1 aliphatic heterocycles. The molecule has 0 bridgehead atoms. The van der Waals surface area contributed by atoms with Crippen LogP contribution in [0.4, 0.5) is 9.59 Å². The van der Waals surface area contributed by atoms with Gasteiger partial charge in [0.15, 0.2) is 0 Å². The minimum absolute atomic E-state index is 0.0510. The lowest BCUT2D eigenvalue weighted by molar-refractivity contribution is -0.136. The standard InChI is InChI=1S/C23H32N2O6/c1-23(2,3)31-22(28)25-14-12-17(13-15-25)10-11-19(20(26)29-4)24-21(27)30-16-18-8-6-5-7-9-18/h5-9,11,17H,10,12-16H2,1-4H3,(H,24,27)/b19-11+. The minimum atomic E-state index is -0.722. The number of alkyl carbamates (subject to hydrolysis) is 1. The molecule has 1 heterocycles. The van der Waals surface area contributed by atoms with E-state index < -0.39 is 17.7 Å². The SMILES string of the molecule is COC(=O)/C(=C\CC1CCN(C(=O)OC(C)(C)C)CC1)NC(=O)OCc1ccccc1. The average Bonchev–Trinajstić information content (AvgIpc) is 2.74. The van der Waals surface area contributed by atoms with Crippen molar-refractivity contribution in [2.75, 3.05) is 20.2 Å². The molecule has 0 aromatic heterocycles. The van der Waals surface area contributed by atoms with Gasteiger partial charge in [0, 0.05) is 13.1 Å². The number of carbonyl (C=O) groups is 3. The first kappa shape index (κ1) is 24.2. The highest BCUT2D eigenvalue weighted by Gasteiger charge is 2.26.